The SMILES string of the molecule is CC(=O)N[C@]12CCC(C1)c1ccccc12. The summed E-state index contributed by atoms with van der Waals surface area (Å²) in [5.74, 6) is 0.764. The second kappa shape index (κ2) is 2.84. The Morgan fingerprint density at radius 3 is 3.07 bits per heavy atom. The van der Waals surface area contributed by atoms with Gasteiger partial charge in [0.15, 0.2) is 0 Å². The van der Waals surface area contributed by atoms with Crippen LogP contribution in [-0.4, -0.2) is 5.91 Å². The summed E-state index contributed by atoms with van der Waals surface area (Å²) in [7, 11) is 0. The van der Waals surface area contributed by atoms with Crippen molar-refractivity contribution >= 4 is 5.91 Å². The summed E-state index contributed by atoms with van der Waals surface area (Å²) in [5.41, 5.74) is 2.78. The van der Waals surface area contributed by atoms with E-state index in [4.69, 9.17) is 0 Å². The average molecular weight is 201 g/mol. The number of fused-ring (bicyclic) bond motifs is 5. The van der Waals surface area contributed by atoms with Gasteiger partial charge in [-0.15, -0.1) is 0 Å². The van der Waals surface area contributed by atoms with E-state index in [9.17, 15) is 4.79 Å². The van der Waals surface area contributed by atoms with Crippen molar-refractivity contribution in [3.05, 3.63) is 35.4 Å². The zero-order chi connectivity index (χ0) is 10.5. The summed E-state index contributed by atoms with van der Waals surface area (Å²) in [4.78, 5) is 11.3. The van der Waals surface area contributed by atoms with Crippen LogP contribution in [0.5, 0.6) is 0 Å². The van der Waals surface area contributed by atoms with Crippen LogP contribution < -0.4 is 5.32 Å². The Morgan fingerprint density at radius 2 is 2.27 bits per heavy atom. The molecule has 1 unspecified atom stereocenters. The molecule has 15 heavy (non-hydrogen) atoms. The number of benzene rings is 1. The van der Waals surface area contributed by atoms with Gasteiger partial charge in [-0.05, 0) is 36.3 Å². The summed E-state index contributed by atoms with van der Waals surface area (Å²) in [6.45, 7) is 1.61. The van der Waals surface area contributed by atoms with Gasteiger partial charge < -0.3 is 5.32 Å². The Morgan fingerprint density at radius 1 is 1.47 bits per heavy atom. The lowest BCUT2D eigenvalue weighted by Gasteiger charge is -2.29. The number of hydrogen-bond donors (Lipinski definition) is 1. The van der Waals surface area contributed by atoms with Gasteiger partial charge >= 0.3 is 0 Å². The van der Waals surface area contributed by atoms with Gasteiger partial charge in [0.25, 0.3) is 0 Å². The highest BCUT2D eigenvalue weighted by molar-refractivity contribution is 5.75. The van der Waals surface area contributed by atoms with E-state index < -0.39 is 0 Å². The van der Waals surface area contributed by atoms with Gasteiger partial charge in [0.05, 0.1) is 5.54 Å². The predicted octanol–water partition coefficient (Wildman–Crippen LogP) is 2.30. The molecule has 2 heteroatoms. The maximum Gasteiger partial charge on any atom is 0.217 e. The molecule has 2 nitrogen and oxygen atoms in total. The molecule has 2 atom stereocenters. The molecule has 2 aliphatic rings. The third-order valence-electron chi connectivity index (χ3n) is 3.85. The highest BCUT2D eigenvalue weighted by Gasteiger charge is 2.49. The van der Waals surface area contributed by atoms with Crippen LogP contribution in [0.15, 0.2) is 24.3 Å². The van der Waals surface area contributed by atoms with Crippen LogP contribution in [0.1, 0.15) is 43.2 Å². The van der Waals surface area contributed by atoms with Crippen molar-refractivity contribution in [2.24, 2.45) is 0 Å². The minimum absolute atomic E-state index is 0.0346. The Labute approximate surface area is 89.7 Å². The van der Waals surface area contributed by atoms with Crippen LogP contribution in [-0.2, 0) is 10.3 Å². The lowest BCUT2D eigenvalue weighted by Crippen LogP contribution is -2.41. The first-order valence-corrected chi connectivity index (χ1v) is 5.59. The number of nitrogens with one attached hydrogen (secondary N) is 1. The summed E-state index contributed by atoms with van der Waals surface area (Å²) in [6, 6.07) is 8.55. The number of carbonyl (C=O) groups excluding carboxylic acids is 1. The molecular weight excluding hydrogens is 186 g/mol. The number of amides is 1. The van der Waals surface area contributed by atoms with Crippen molar-refractivity contribution < 1.29 is 4.79 Å². The summed E-state index contributed by atoms with van der Waals surface area (Å²) in [5, 5.41) is 3.16. The van der Waals surface area contributed by atoms with Crippen molar-refractivity contribution in [2.75, 3.05) is 0 Å². The molecule has 0 radical (unpaired) electrons. The number of rotatable bonds is 1. The molecule has 0 aliphatic heterocycles. The molecule has 2 aliphatic carbocycles. The lowest BCUT2D eigenvalue weighted by molar-refractivity contribution is -0.120. The maximum absolute atomic E-state index is 11.3. The fourth-order valence-electron chi connectivity index (χ4n) is 3.36. The number of hydrogen-bond acceptors (Lipinski definition) is 1. The Kier molecular flexibility index (Phi) is 1.70. The molecule has 3 rings (SSSR count). The molecule has 1 amide bonds. The van der Waals surface area contributed by atoms with Crippen molar-refractivity contribution in [2.45, 2.75) is 37.6 Å². The van der Waals surface area contributed by atoms with Crippen molar-refractivity contribution in [3.63, 3.8) is 0 Å². The van der Waals surface area contributed by atoms with E-state index in [-0.39, 0.29) is 11.4 Å². The van der Waals surface area contributed by atoms with E-state index in [0.717, 1.165) is 12.8 Å². The van der Waals surface area contributed by atoms with E-state index in [1.54, 1.807) is 6.92 Å². The minimum Gasteiger partial charge on any atom is -0.347 e. The highest BCUT2D eigenvalue weighted by atomic mass is 16.1. The van der Waals surface area contributed by atoms with Crippen LogP contribution >= 0.6 is 0 Å². The Balaban J connectivity index is 2.09. The third-order valence-corrected chi connectivity index (χ3v) is 3.85. The normalized spacial score (nSPS) is 31.4. The molecule has 1 aromatic carbocycles. The molecule has 1 fully saturated rings. The van der Waals surface area contributed by atoms with Crippen LogP contribution in [0.3, 0.4) is 0 Å². The van der Waals surface area contributed by atoms with Crippen LogP contribution in [0, 0.1) is 0 Å². The monoisotopic (exact) mass is 201 g/mol. The smallest absolute Gasteiger partial charge is 0.217 e. The molecule has 0 saturated heterocycles. The lowest BCUT2D eigenvalue weighted by atomic mass is 9.86. The first-order valence-electron chi connectivity index (χ1n) is 5.59. The highest BCUT2D eigenvalue weighted by Crippen LogP contribution is 2.55. The van der Waals surface area contributed by atoms with Crippen LogP contribution in [0.4, 0.5) is 0 Å². The topological polar surface area (TPSA) is 29.1 Å². The maximum atomic E-state index is 11.3. The van der Waals surface area contributed by atoms with Crippen molar-refractivity contribution in [1.29, 1.82) is 0 Å². The zero-order valence-corrected chi connectivity index (χ0v) is 8.92. The zero-order valence-electron chi connectivity index (χ0n) is 8.92. The molecule has 2 bridgehead atoms. The second-order valence-electron chi connectivity index (χ2n) is 4.79. The molecule has 1 N–H and O–H groups in total. The first kappa shape index (κ1) is 8.96. The molecule has 1 saturated carbocycles. The summed E-state index contributed by atoms with van der Waals surface area (Å²) < 4.78 is 0. The largest absolute Gasteiger partial charge is 0.347 e. The molecule has 78 valence electrons. The summed E-state index contributed by atoms with van der Waals surface area (Å²) in [6.07, 6.45) is 3.43. The number of carbonyl (C=O) groups is 1. The van der Waals surface area contributed by atoms with Crippen molar-refractivity contribution in [3.8, 4) is 0 Å². The van der Waals surface area contributed by atoms with Gasteiger partial charge in [-0.2, -0.15) is 0 Å². The summed E-state index contributed by atoms with van der Waals surface area (Å²) >= 11 is 0. The van der Waals surface area contributed by atoms with Gasteiger partial charge in [0, 0.05) is 6.92 Å². The van der Waals surface area contributed by atoms with E-state index in [1.807, 2.05) is 0 Å². The third kappa shape index (κ3) is 1.14. The predicted molar refractivity (Wildman–Crippen MR) is 58.5 cm³/mol. The minimum atomic E-state index is -0.0346. The second-order valence-corrected chi connectivity index (χ2v) is 4.79. The Hall–Kier alpha value is -1.31. The van der Waals surface area contributed by atoms with Gasteiger partial charge in [-0.25, -0.2) is 0 Å². The molecule has 1 aromatic rings. The first-order chi connectivity index (χ1) is 7.21. The molecule has 0 heterocycles. The van der Waals surface area contributed by atoms with Crippen LogP contribution in [0.2, 0.25) is 0 Å². The average Bonchev–Trinajstić information content (AvgIpc) is 2.73. The van der Waals surface area contributed by atoms with Crippen LogP contribution in [0.25, 0.3) is 0 Å². The van der Waals surface area contributed by atoms with E-state index in [1.165, 1.54) is 17.5 Å². The van der Waals surface area contributed by atoms with Crippen molar-refractivity contribution in [1.82, 2.24) is 5.32 Å². The van der Waals surface area contributed by atoms with Gasteiger partial charge in [-0.1, -0.05) is 24.3 Å². The van der Waals surface area contributed by atoms with Gasteiger partial charge in [-0.3, -0.25) is 4.79 Å². The standard InChI is InChI=1S/C13H15NO/c1-9(15)14-13-7-6-10(8-13)11-4-2-3-5-12(11)13/h2-5,10H,6-8H2,1H3,(H,14,15)/t10?,13-/m1/s1. The fourth-order valence-corrected chi connectivity index (χ4v) is 3.36. The van der Waals surface area contributed by atoms with E-state index in [2.05, 4.69) is 29.6 Å². The molecule has 0 spiro atoms. The van der Waals surface area contributed by atoms with E-state index >= 15 is 0 Å². The van der Waals surface area contributed by atoms with E-state index in [0.29, 0.717) is 5.92 Å². The quantitative estimate of drug-likeness (QED) is 0.742. The van der Waals surface area contributed by atoms with Gasteiger partial charge in [0.2, 0.25) is 5.91 Å². The fraction of sp³-hybridized carbons (Fsp3) is 0.462. The molecule has 0 aromatic heterocycles. The molecular formula is C13H15NO. The van der Waals surface area contributed by atoms with Gasteiger partial charge in [0.1, 0.15) is 0 Å². The Bertz CT molecular complexity index is 426.